The summed E-state index contributed by atoms with van der Waals surface area (Å²) in [6, 6.07) is 9.52. The van der Waals surface area contributed by atoms with Gasteiger partial charge in [-0.15, -0.1) is 0 Å². The van der Waals surface area contributed by atoms with Gasteiger partial charge in [0.05, 0.1) is 17.8 Å². The van der Waals surface area contributed by atoms with Gasteiger partial charge in [-0.05, 0) is 88.1 Å². The first-order valence-electron chi connectivity index (χ1n) is 26.1. The van der Waals surface area contributed by atoms with Crippen molar-refractivity contribution in [3.63, 3.8) is 0 Å². The van der Waals surface area contributed by atoms with E-state index in [-0.39, 0.29) is 47.7 Å². The molecule has 5 amide bonds. The van der Waals surface area contributed by atoms with Gasteiger partial charge in [0.25, 0.3) is 5.91 Å². The van der Waals surface area contributed by atoms with Gasteiger partial charge in [-0.1, -0.05) is 58.4 Å². The van der Waals surface area contributed by atoms with E-state index in [0.717, 1.165) is 107 Å². The highest BCUT2D eigenvalue weighted by Gasteiger charge is 2.43. The van der Waals surface area contributed by atoms with E-state index >= 15 is 8.78 Å². The van der Waals surface area contributed by atoms with Crippen molar-refractivity contribution in [3.05, 3.63) is 71.1 Å². The van der Waals surface area contributed by atoms with E-state index in [9.17, 15) is 24.0 Å². The van der Waals surface area contributed by atoms with Gasteiger partial charge in [0.1, 0.15) is 35.6 Å². The number of benzene rings is 2. The molecular weight excluding hydrogens is 909 g/mol. The van der Waals surface area contributed by atoms with Crippen LogP contribution in [0, 0.1) is 17.0 Å². The second-order valence-electron chi connectivity index (χ2n) is 21.1. The van der Waals surface area contributed by atoms with E-state index in [1.807, 2.05) is 18.2 Å². The van der Waals surface area contributed by atoms with E-state index in [4.69, 9.17) is 0 Å². The second-order valence-corrected chi connectivity index (χ2v) is 21.1. The molecule has 0 saturated carbocycles. The molecule has 8 rings (SSSR count). The Kier molecular flexibility index (Phi) is 17.1. The Morgan fingerprint density at radius 1 is 0.775 bits per heavy atom. The Balaban J connectivity index is 0.655. The first-order valence-corrected chi connectivity index (χ1v) is 26.1. The fourth-order valence-corrected chi connectivity index (χ4v) is 10.8. The van der Waals surface area contributed by atoms with Gasteiger partial charge in [-0.25, -0.2) is 18.7 Å². The first kappa shape index (κ1) is 51.4. The summed E-state index contributed by atoms with van der Waals surface area (Å²) < 4.78 is 31.1. The van der Waals surface area contributed by atoms with Crippen LogP contribution in [0.4, 0.5) is 31.8 Å². The lowest BCUT2D eigenvalue weighted by molar-refractivity contribution is -0.137. The zero-order chi connectivity index (χ0) is 50.0. The van der Waals surface area contributed by atoms with E-state index in [1.165, 1.54) is 18.5 Å². The molecular formula is C53H73F2N11O5. The summed E-state index contributed by atoms with van der Waals surface area (Å²) in [6.07, 6.45) is 15.2. The SMILES string of the molecule is CC1(C)CCN(Cc2cc(F)c(N3CC(=O)NC4(CCN(c5cc(NCCCNC(=O)CCCCCCCCCCNc6cccc7c6CN(C6CCC(=O)NC6=O)C7=O)ncn5)CC4)C3)cc2F)CC1. The Hall–Kier alpha value is -5.91. The predicted octanol–water partition coefficient (Wildman–Crippen LogP) is 6.65. The number of amides is 5. The van der Waals surface area contributed by atoms with Crippen molar-refractivity contribution in [2.75, 3.05) is 79.3 Å². The molecule has 1 spiro atoms. The maximum absolute atomic E-state index is 15.7. The molecule has 5 aliphatic heterocycles. The molecule has 71 heavy (non-hydrogen) atoms. The zero-order valence-corrected chi connectivity index (χ0v) is 41.7. The van der Waals surface area contributed by atoms with E-state index in [0.29, 0.717) is 88.4 Å². The number of likely N-dealkylation sites (tertiary alicyclic amines) is 1. The quantitative estimate of drug-likeness (QED) is 0.0535. The molecule has 0 radical (unpaired) electrons. The molecule has 0 aliphatic carbocycles. The fraction of sp³-hybridized carbons (Fsp3) is 0.604. The van der Waals surface area contributed by atoms with Gasteiger partial charge in [0.2, 0.25) is 23.6 Å². The smallest absolute Gasteiger partial charge is 0.255 e. The average Bonchev–Trinajstić information content (AvgIpc) is 3.68. The van der Waals surface area contributed by atoms with Crippen LogP contribution in [0.3, 0.4) is 0 Å². The molecule has 384 valence electrons. The Morgan fingerprint density at radius 2 is 1.51 bits per heavy atom. The number of unbranched alkanes of at least 4 members (excludes halogenated alkanes) is 7. The number of imide groups is 1. The summed E-state index contributed by atoms with van der Waals surface area (Å²) >= 11 is 0. The lowest BCUT2D eigenvalue weighted by Gasteiger charge is -2.48. The van der Waals surface area contributed by atoms with Crippen molar-refractivity contribution >= 4 is 52.5 Å². The minimum absolute atomic E-state index is 0.0266. The van der Waals surface area contributed by atoms with Crippen LogP contribution in [0.25, 0.3) is 0 Å². The van der Waals surface area contributed by atoms with Gasteiger partial charge in [0.15, 0.2) is 0 Å². The molecule has 3 aromatic rings. The lowest BCUT2D eigenvalue weighted by atomic mass is 9.82. The third kappa shape index (κ3) is 13.5. The highest BCUT2D eigenvalue weighted by molar-refractivity contribution is 6.06. The summed E-state index contributed by atoms with van der Waals surface area (Å²) in [5.41, 5.74) is 2.63. The van der Waals surface area contributed by atoms with Crippen LogP contribution in [-0.4, -0.2) is 120 Å². The number of hydrogen-bond acceptors (Lipinski definition) is 12. The summed E-state index contributed by atoms with van der Waals surface area (Å²) in [6.45, 7) is 10.5. The predicted molar refractivity (Wildman–Crippen MR) is 270 cm³/mol. The number of aromatic nitrogens is 2. The topological polar surface area (TPSA) is 184 Å². The molecule has 18 heteroatoms. The van der Waals surface area contributed by atoms with Gasteiger partial charge >= 0.3 is 0 Å². The highest BCUT2D eigenvalue weighted by atomic mass is 19.1. The Labute approximate surface area is 416 Å². The molecule has 1 unspecified atom stereocenters. The monoisotopic (exact) mass is 982 g/mol. The van der Waals surface area contributed by atoms with Crippen molar-refractivity contribution in [2.24, 2.45) is 5.41 Å². The number of hydrogen-bond donors (Lipinski definition) is 5. The first-order chi connectivity index (χ1) is 34.2. The number of anilines is 4. The summed E-state index contributed by atoms with van der Waals surface area (Å²) in [5, 5.41) is 15.4. The van der Waals surface area contributed by atoms with Gasteiger partial charge in [-0.3, -0.25) is 34.2 Å². The van der Waals surface area contributed by atoms with Crippen molar-refractivity contribution < 1.29 is 32.8 Å². The third-order valence-corrected chi connectivity index (χ3v) is 15.2. The van der Waals surface area contributed by atoms with Crippen molar-refractivity contribution in [2.45, 2.75) is 141 Å². The van der Waals surface area contributed by atoms with Crippen LogP contribution in [-0.2, 0) is 32.3 Å². The van der Waals surface area contributed by atoms with Crippen LogP contribution in [0.2, 0.25) is 0 Å². The van der Waals surface area contributed by atoms with Crippen LogP contribution >= 0.6 is 0 Å². The van der Waals surface area contributed by atoms with Crippen LogP contribution < -0.4 is 36.4 Å². The third-order valence-electron chi connectivity index (χ3n) is 15.2. The Bertz CT molecular complexity index is 2380. The van der Waals surface area contributed by atoms with Crippen LogP contribution in [0.1, 0.15) is 138 Å². The average molecular weight is 982 g/mol. The van der Waals surface area contributed by atoms with Crippen molar-refractivity contribution in [1.82, 2.24) is 35.7 Å². The molecule has 6 heterocycles. The lowest BCUT2D eigenvalue weighted by Crippen LogP contribution is -2.66. The number of piperidine rings is 3. The molecule has 0 bridgehead atoms. The molecule has 1 atom stereocenters. The normalized spacial score (nSPS) is 19.9. The Morgan fingerprint density at radius 3 is 2.27 bits per heavy atom. The maximum atomic E-state index is 15.7. The van der Waals surface area contributed by atoms with E-state index < -0.39 is 29.1 Å². The maximum Gasteiger partial charge on any atom is 0.255 e. The number of carbonyl (C=O) groups is 5. The number of piperazine rings is 1. The standard InChI is InChI=1S/C53H73F2N11O5/c1-52(2)18-25-63(26-19-52)32-37-29-41(55)44(30-40(37)54)65-34-49(69)62-53(35-65)20-27-64(28-21-53)46-31-45(59-36-60-46)57-23-12-24-58-47(67)15-9-7-5-3-4-6-8-10-22-56-42-14-11-13-38-39(42)33-66(51(38)71)43-16-17-48(68)61-50(43)70/h11,13-14,29-31,36,43,56H,3-10,12,15-28,32-35H2,1-2H3,(H,58,67)(H,62,69)(H,57,59,60)(H,61,68,70). The number of halogens is 2. The number of fused-ring (bicyclic) bond motifs is 1. The molecule has 2 aromatic carbocycles. The minimum atomic E-state index is -0.620. The zero-order valence-electron chi connectivity index (χ0n) is 41.7. The number of nitrogens with zero attached hydrogens (tertiary/aromatic N) is 6. The summed E-state index contributed by atoms with van der Waals surface area (Å²) in [4.78, 5) is 79.2. The van der Waals surface area contributed by atoms with Crippen molar-refractivity contribution in [1.29, 1.82) is 0 Å². The van der Waals surface area contributed by atoms with Gasteiger partial charge in [0, 0.05) is 99.7 Å². The summed E-state index contributed by atoms with van der Waals surface area (Å²) in [5.74, 6) is -0.466. The van der Waals surface area contributed by atoms with Crippen LogP contribution in [0.5, 0.6) is 0 Å². The van der Waals surface area contributed by atoms with Crippen molar-refractivity contribution in [3.8, 4) is 0 Å². The fourth-order valence-electron chi connectivity index (χ4n) is 10.8. The number of nitrogens with one attached hydrogen (secondary N) is 5. The molecule has 16 nitrogen and oxygen atoms in total. The van der Waals surface area contributed by atoms with E-state index in [2.05, 4.69) is 60.2 Å². The molecule has 4 saturated heterocycles. The minimum Gasteiger partial charge on any atom is -0.385 e. The van der Waals surface area contributed by atoms with Gasteiger partial charge in [-0.2, -0.15) is 0 Å². The largest absolute Gasteiger partial charge is 0.385 e. The van der Waals surface area contributed by atoms with Gasteiger partial charge < -0.3 is 36.0 Å². The summed E-state index contributed by atoms with van der Waals surface area (Å²) in [7, 11) is 0. The highest BCUT2D eigenvalue weighted by Crippen LogP contribution is 2.36. The second kappa shape index (κ2) is 23.5. The number of rotatable bonds is 22. The molecule has 5 aliphatic rings. The number of carbonyl (C=O) groups excluding carboxylic acids is 5. The molecule has 1 aromatic heterocycles. The molecule has 5 N–H and O–H groups in total. The molecule has 4 fully saturated rings. The van der Waals surface area contributed by atoms with E-state index in [1.54, 1.807) is 15.9 Å². The van der Waals surface area contributed by atoms with Crippen LogP contribution in [0.15, 0.2) is 42.7 Å².